The van der Waals surface area contributed by atoms with Gasteiger partial charge in [-0.2, -0.15) is 0 Å². The van der Waals surface area contributed by atoms with Crippen LogP contribution in [0.3, 0.4) is 0 Å². The number of rotatable bonds is 4. The first kappa shape index (κ1) is 11.5. The highest BCUT2D eigenvalue weighted by atomic mass is 16.5. The summed E-state index contributed by atoms with van der Waals surface area (Å²) < 4.78 is 7.47. The zero-order chi connectivity index (χ0) is 13.1. The molecule has 2 N–H and O–H groups in total. The quantitative estimate of drug-likeness (QED) is 0.724. The van der Waals surface area contributed by atoms with Crippen LogP contribution in [-0.4, -0.2) is 21.6 Å². The van der Waals surface area contributed by atoms with E-state index < -0.39 is 0 Å². The van der Waals surface area contributed by atoms with Crippen molar-refractivity contribution < 1.29 is 4.74 Å². The summed E-state index contributed by atoms with van der Waals surface area (Å²) in [7, 11) is 0. The first-order valence-corrected chi connectivity index (χ1v) is 6.10. The maximum Gasteiger partial charge on any atom is 0.142 e. The summed E-state index contributed by atoms with van der Waals surface area (Å²) in [5.41, 5.74) is 8.35. The Bertz CT molecular complexity index is 692. The standard InChI is InChI=1S/C14H14N4O/c15-11-5-1-4-8-14(11)19-10-9-18-13-7-3-2-6-12(13)16-17-18/h1-8H,9-10,15H2. The molecular weight excluding hydrogens is 240 g/mol. The molecule has 3 rings (SSSR count). The van der Waals surface area contributed by atoms with Crippen molar-refractivity contribution in [3.05, 3.63) is 48.5 Å². The van der Waals surface area contributed by atoms with E-state index in [1.807, 2.05) is 53.2 Å². The van der Waals surface area contributed by atoms with Crippen LogP contribution in [-0.2, 0) is 6.54 Å². The summed E-state index contributed by atoms with van der Waals surface area (Å²) in [6, 6.07) is 15.3. The number of nitrogens with zero attached hydrogens (tertiary/aromatic N) is 3. The van der Waals surface area contributed by atoms with Crippen LogP contribution in [0, 0.1) is 0 Å². The molecule has 0 aliphatic rings. The molecular formula is C14H14N4O. The summed E-state index contributed by atoms with van der Waals surface area (Å²) in [5, 5.41) is 8.20. The van der Waals surface area contributed by atoms with Gasteiger partial charge in [-0.1, -0.05) is 29.5 Å². The Labute approximate surface area is 110 Å². The summed E-state index contributed by atoms with van der Waals surface area (Å²) in [5.74, 6) is 0.701. The summed E-state index contributed by atoms with van der Waals surface area (Å²) in [6.45, 7) is 1.14. The molecule has 5 heteroatoms. The fourth-order valence-corrected chi connectivity index (χ4v) is 1.94. The molecule has 0 bridgehead atoms. The average molecular weight is 254 g/mol. The van der Waals surface area contributed by atoms with Gasteiger partial charge in [0.05, 0.1) is 17.7 Å². The molecule has 0 atom stereocenters. The van der Waals surface area contributed by atoms with E-state index in [4.69, 9.17) is 10.5 Å². The van der Waals surface area contributed by atoms with Crippen molar-refractivity contribution in [2.75, 3.05) is 12.3 Å². The van der Waals surface area contributed by atoms with Crippen LogP contribution in [0.1, 0.15) is 0 Å². The van der Waals surface area contributed by atoms with Crippen LogP contribution in [0.25, 0.3) is 11.0 Å². The molecule has 0 aliphatic carbocycles. The van der Waals surface area contributed by atoms with Crippen molar-refractivity contribution in [3.63, 3.8) is 0 Å². The Morgan fingerprint density at radius 3 is 2.74 bits per heavy atom. The van der Waals surface area contributed by atoms with Gasteiger partial charge in [0, 0.05) is 0 Å². The lowest BCUT2D eigenvalue weighted by Crippen LogP contribution is -2.10. The number of ether oxygens (including phenoxy) is 1. The topological polar surface area (TPSA) is 66.0 Å². The Morgan fingerprint density at radius 1 is 1.05 bits per heavy atom. The number of para-hydroxylation sites is 3. The van der Waals surface area contributed by atoms with Gasteiger partial charge in [-0.25, -0.2) is 4.68 Å². The van der Waals surface area contributed by atoms with Gasteiger partial charge < -0.3 is 10.5 Å². The maximum atomic E-state index is 5.81. The highest BCUT2D eigenvalue weighted by molar-refractivity contribution is 5.73. The van der Waals surface area contributed by atoms with Crippen molar-refractivity contribution in [1.82, 2.24) is 15.0 Å². The molecule has 96 valence electrons. The van der Waals surface area contributed by atoms with Crippen LogP contribution in [0.4, 0.5) is 5.69 Å². The lowest BCUT2D eigenvalue weighted by Gasteiger charge is -2.08. The number of benzene rings is 2. The van der Waals surface area contributed by atoms with Crippen molar-refractivity contribution in [2.24, 2.45) is 0 Å². The number of aromatic nitrogens is 3. The minimum absolute atomic E-state index is 0.502. The van der Waals surface area contributed by atoms with Crippen molar-refractivity contribution >= 4 is 16.7 Å². The Hall–Kier alpha value is -2.56. The van der Waals surface area contributed by atoms with Gasteiger partial charge in [-0.15, -0.1) is 5.10 Å². The molecule has 0 unspecified atom stereocenters. The second kappa shape index (κ2) is 4.97. The minimum Gasteiger partial charge on any atom is -0.489 e. The fourth-order valence-electron chi connectivity index (χ4n) is 1.94. The van der Waals surface area contributed by atoms with Crippen LogP contribution < -0.4 is 10.5 Å². The lowest BCUT2D eigenvalue weighted by molar-refractivity contribution is 0.293. The maximum absolute atomic E-state index is 5.81. The molecule has 2 aromatic carbocycles. The van der Waals surface area contributed by atoms with E-state index in [2.05, 4.69) is 10.3 Å². The predicted octanol–water partition coefficient (Wildman–Crippen LogP) is 2.09. The van der Waals surface area contributed by atoms with E-state index in [1.165, 1.54) is 0 Å². The Morgan fingerprint density at radius 2 is 1.84 bits per heavy atom. The molecule has 0 spiro atoms. The van der Waals surface area contributed by atoms with Crippen molar-refractivity contribution in [2.45, 2.75) is 6.54 Å². The predicted molar refractivity (Wildman–Crippen MR) is 73.9 cm³/mol. The normalized spacial score (nSPS) is 10.7. The first-order valence-electron chi connectivity index (χ1n) is 6.10. The third-order valence-electron chi connectivity index (χ3n) is 2.90. The van der Waals surface area contributed by atoms with E-state index in [-0.39, 0.29) is 0 Å². The molecule has 1 aromatic heterocycles. The fraction of sp³-hybridized carbons (Fsp3) is 0.143. The average Bonchev–Trinajstić information content (AvgIpc) is 2.85. The molecule has 3 aromatic rings. The summed E-state index contributed by atoms with van der Waals surface area (Å²) in [6.07, 6.45) is 0. The van der Waals surface area contributed by atoms with Crippen LogP contribution in [0.2, 0.25) is 0 Å². The Balaban J connectivity index is 1.68. The second-order valence-electron chi connectivity index (χ2n) is 4.19. The molecule has 0 amide bonds. The summed E-state index contributed by atoms with van der Waals surface area (Å²) in [4.78, 5) is 0. The number of hydrogen-bond donors (Lipinski definition) is 1. The lowest BCUT2D eigenvalue weighted by atomic mass is 10.3. The molecule has 0 saturated carbocycles. The molecule has 0 saturated heterocycles. The van der Waals surface area contributed by atoms with Gasteiger partial charge in [0.15, 0.2) is 0 Å². The molecule has 0 radical (unpaired) electrons. The van der Waals surface area contributed by atoms with E-state index in [9.17, 15) is 0 Å². The van der Waals surface area contributed by atoms with Gasteiger partial charge in [-0.3, -0.25) is 0 Å². The number of hydrogen-bond acceptors (Lipinski definition) is 4. The third kappa shape index (κ3) is 2.35. The van der Waals surface area contributed by atoms with Crippen molar-refractivity contribution in [3.8, 4) is 5.75 Å². The smallest absolute Gasteiger partial charge is 0.142 e. The monoisotopic (exact) mass is 254 g/mol. The van der Waals surface area contributed by atoms with E-state index in [0.29, 0.717) is 24.6 Å². The van der Waals surface area contributed by atoms with Crippen LogP contribution in [0.5, 0.6) is 5.75 Å². The van der Waals surface area contributed by atoms with Crippen LogP contribution in [0.15, 0.2) is 48.5 Å². The molecule has 5 nitrogen and oxygen atoms in total. The highest BCUT2D eigenvalue weighted by Crippen LogP contribution is 2.19. The SMILES string of the molecule is Nc1ccccc1OCCn1nnc2ccccc21. The number of fused-ring (bicyclic) bond motifs is 1. The van der Waals surface area contributed by atoms with E-state index in [1.54, 1.807) is 0 Å². The van der Waals surface area contributed by atoms with Gasteiger partial charge in [0.25, 0.3) is 0 Å². The minimum atomic E-state index is 0.502. The highest BCUT2D eigenvalue weighted by Gasteiger charge is 2.04. The van der Waals surface area contributed by atoms with Crippen molar-refractivity contribution in [1.29, 1.82) is 0 Å². The second-order valence-corrected chi connectivity index (χ2v) is 4.19. The molecule has 19 heavy (non-hydrogen) atoms. The van der Waals surface area contributed by atoms with Crippen LogP contribution >= 0.6 is 0 Å². The Kier molecular flexibility index (Phi) is 3.02. The zero-order valence-corrected chi connectivity index (χ0v) is 10.4. The largest absolute Gasteiger partial charge is 0.489 e. The van der Waals surface area contributed by atoms with E-state index >= 15 is 0 Å². The first-order chi connectivity index (χ1) is 9.34. The van der Waals surface area contributed by atoms with Gasteiger partial charge in [-0.05, 0) is 24.3 Å². The number of anilines is 1. The zero-order valence-electron chi connectivity index (χ0n) is 10.4. The van der Waals surface area contributed by atoms with Gasteiger partial charge in [0.2, 0.25) is 0 Å². The summed E-state index contributed by atoms with van der Waals surface area (Å²) >= 11 is 0. The van der Waals surface area contributed by atoms with Gasteiger partial charge >= 0.3 is 0 Å². The third-order valence-corrected chi connectivity index (χ3v) is 2.90. The number of nitrogens with two attached hydrogens (primary N) is 1. The molecule has 1 heterocycles. The van der Waals surface area contributed by atoms with E-state index in [0.717, 1.165) is 11.0 Å². The molecule has 0 fully saturated rings. The number of nitrogen functional groups attached to an aromatic ring is 1. The molecule has 0 aliphatic heterocycles. The van der Waals surface area contributed by atoms with Gasteiger partial charge in [0.1, 0.15) is 17.9 Å².